The van der Waals surface area contributed by atoms with Gasteiger partial charge in [-0.15, -0.1) is 11.3 Å². The zero-order valence-electron chi connectivity index (χ0n) is 10.4. The van der Waals surface area contributed by atoms with Crippen LogP contribution in [0.2, 0.25) is 0 Å². The van der Waals surface area contributed by atoms with Crippen molar-refractivity contribution in [3.05, 3.63) is 29.4 Å². The summed E-state index contributed by atoms with van der Waals surface area (Å²) in [6.07, 6.45) is 3.78. The highest BCUT2D eigenvalue weighted by atomic mass is 32.2. The van der Waals surface area contributed by atoms with Crippen molar-refractivity contribution >= 4 is 27.0 Å². The van der Waals surface area contributed by atoms with E-state index in [-0.39, 0.29) is 6.61 Å². The predicted molar refractivity (Wildman–Crippen MR) is 73.8 cm³/mol. The molecule has 6 nitrogen and oxygen atoms in total. The summed E-state index contributed by atoms with van der Waals surface area (Å²) in [5.41, 5.74) is 0.389. The van der Waals surface area contributed by atoms with E-state index in [1.807, 2.05) is 13.0 Å². The number of aryl methyl sites for hydroxylation is 1. The first-order valence-electron chi connectivity index (χ1n) is 5.80. The van der Waals surface area contributed by atoms with Crippen molar-refractivity contribution in [2.45, 2.75) is 24.1 Å². The lowest BCUT2D eigenvalue weighted by Gasteiger charge is -2.02. The minimum atomic E-state index is -3.55. The molecule has 2 N–H and O–H groups in total. The molecule has 0 aliphatic rings. The quantitative estimate of drug-likeness (QED) is 0.842. The number of thiophene rings is 1. The molecule has 2 heterocycles. The molecule has 0 aromatic carbocycles. The van der Waals surface area contributed by atoms with Crippen molar-refractivity contribution < 1.29 is 13.5 Å². The third-order valence-electron chi connectivity index (χ3n) is 2.46. The first kappa shape index (κ1) is 14.0. The first-order chi connectivity index (χ1) is 9.05. The Morgan fingerprint density at radius 1 is 1.47 bits per heavy atom. The van der Waals surface area contributed by atoms with E-state index >= 15 is 0 Å². The zero-order valence-corrected chi connectivity index (χ0v) is 12.0. The van der Waals surface area contributed by atoms with Crippen LogP contribution in [-0.2, 0) is 23.0 Å². The van der Waals surface area contributed by atoms with Crippen molar-refractivity contribution in [2.24, 2.45) is 0 Å². The van der Waals surface area contributed by atoms with E-state index in [1.54, 1.807) is 12.3 Å². The standard InChI is InChI=1S/C11H15N3O3S2/c1-2-10-3-4-11(18-10)19(16,17)13-9-7-12-14(8-9)5-6-15/h3-4,7-8,13,15H,2,5-6H2,1H3. The number of aliphatic hydroxyl groups excluding tert-OH is 1. The molecule has 0 unspecified atom stereocenters. The number of nitrogens with one attached hydrogen (secondary N) is 1. The first-order valence-corrected chi connectivity index (χ1v) is 8.10. The van der Waals surface area contributed by atoms with Gasteiger partial charge in [-0.25, -0.2) is 8.42 Å². The van der Waals surface area contributed by atoms with Crippen LogP contribution in [0.4, 0.5) is 5.69 Å². The molecule has 0 spiro atoms. The summed E-state index contributed by atoms with van der Waals surface area (Å²) in [5, 5.41) is 12.7. The summed E-state index contributed by atoms with van der Waals surface area (Å²) >= 11 is 1.26. The van der Waals surface area contributed by atoms with Crippen LogP contribution in [0.15, 0.2) is 28.7 Å². The van der Waals surface area contributed by atoms with Gasteiger partial charge in [0, 0.05) is 11.1 Å². The van der Waals surface area contributed by atoms with Crippen LogP contribution in [0.5, 0.6) is 0 Å². The molecule has 0 atom stereocenters. The van der Waals surface area contributed by atoms with E-state index < -0.39 is 10.0 Å². The molecule has 0 radical (unpaired) electrons. The van der Waals surface area contributed by atoms with Gasteiger partial charge >= 0.3 is 0 Å². The second-order valence-corrected chi connectivity index (χ2v) is 6.97. The molecule has 8 heteroatoms. The maximum atomic E-state index is 12.1. The molecule has 0 bridgehead atoms. The van der Waals surface area contributed by atoms with E-state index in [0.717, 1.165) is 11.3 Å². The third kappa shape index (κ3) is 3.34. The Morgan fingerprint density at radius 2 is 2.26 bits per heavy atom. The van der Waals surface area contributed by atoms with Crippen molar-refractivity contribution in [1.29, 1.82) is 0 Å². The summed E-state index contributed by atoms with van der Waals surface area (Å²) < 4.78 is 28.5. The van der Waals surface area contributed by atoms with Crippen molar-refractivity contribution in [1.82, 2.24) is 9.78 Å². The average Bonchev–Trinajstić information content (AvgIpc) is 2.98. The fourth-order valence-electron chi connectivity index (χ4n) is 1.54. The van der Waals surface area contributed by atoms with Crippen molar-refractivity contribution in [3.8, 4) is 0 Å². The van der Waals surface area contributed by atoms with Crippen LogP contribution in [0.3, 0.4) is 0 Å². The molecule has 0 saturated heterocycles. The normalized spacial score (nSPS) is 11.7. The van der Waals surface area contributed by atoms with Crippen molar-refractivity contribution in [2.75, 3.05) is 11.3 Å². The number of hydrogen-bond acceptors (Lipinski definition) is 5. The maximum absolute atomic E-state index is 12.1. The minimum absolute atomic E-state index is 0.0430. The molecule has 19 heavy (non-hydrogen) atoms. The number of nitrogens with zero attached hydrogens (tertiary/aromatic N) is 2. The average molecular weight is 301 g/mol. The second-order valence-electron chi connectivity index (χ2n) is 3.90. The Morgan fingerprint density at radius 3 is 2.89 bits per heavy atom. The number of aromatic nitrogens is 2. The topological polar surface area (TPSA) is 84.2 Å². The highest BCUT2D eigenvalue weighted by molar-refractivity contribution is 7.94. The number of anilines is 1. The lowest BCUT2D eigenvalue weighted by Crippen LogP contribution is -2.11. The van der Waals surface area contributed by atoms with Crippen LogP contribution < -0.4 is 4.72 Å². The monoisotopic (exact) mass is 301 g/mol. The molecule has 0 saturated carbocycles. The molecule has 2 aromatic heterocycles. The van der Waals surface area contributed by atoms with Crippen LogP contribution in [0.25, 0.3) is 0 Å². The van der Waals surface area contributed by atoms with Gasteiger partial charge in [-0.2, -0.15) is 5.10 Å². The highest BCUT2D eigenvalue weighted by Crippen LogP contribution is 2.24. The Kier molecular flexibility index (Phi) is 4.23. The van der Waals surface area contributed by atoms with Gasteiger partial charge in [0.15, 0.2) is 0 Å². The SMILES string of the molecule is CCc1ccc(S(=O)(=O)Nc2cnn(CCO)c2)s1. The summed E-state index contributed by atoms with van der Waals surface area (Å²) in [4.78, 5) is 1.02. The Bertz CT molecular complexity index is 646. The summed E-state index contributed by atoms with van der Waals surface area (Å²) in [6, 6.07) is 3.42. The van der Waals surface area contributed by atoms with Crippen LogP contribution in [0, 0.1) is 0 Å². The molecule has 104 valence electrons. The largest absolute Gasteiger partial charge is 0.394 e. The van der Waals surface area contributed by atoms with Crippen LogP contribution in [-0.4, -0.2) is 29.9 Å². The van der Waals surface area contributed by atoms with E-state index in [9.17, 15) is 8.42 Å². The maximum Gasteiger partial charge on any atom is 0.271 e. The number of rotatable bonds is 6. The van der Waals surface area contributed by atoms with E-state index in [1.165, 1.54) is 22.2 Å². The van der Waals surface area contributed by atoms with Crippen molar-refractivity contribution in [3.63, 3.8) is 0 Å². The third-order valence-corrected chi connectivity index (χ3v) is 5.57. The molecular weight excluding hydrogens is 286 g/mol. The Hall–Kier alpha value is -1.38. The van der Waals surface area contributed by atoms with Gasteiger partial charge < -0.3 is 5.11 Å². The molecule has 0 amide bonds. The fraction of sp³-hybridized carbons (Fsp3) is 0.364. The molecule has 0 aliphatic heterocycles. The molecule has 0 fully saturated rings. The summed E-state index contributed by atoms with van der Waals surface area (Å²) in [7, 11) is -3.55. The Labute approximate surface area is 115 Å². The van der Waals surface area contributed by atoms with Gasteiger partial charge in [-0.3, -0.25) is 9.40 Å². The van der Waals surface area contributed by atoms with Gasteiger partial charge in [0.1, 0.15) is 4.21 Å². The highest BCUT2D eigenvalue weighted by Gasteiger charge is 2.17. The number of sulfonamides is 1. The van der Waals surface area contributed by atoms with Gasteiger partial charge in [0.2, 0.25) is 0 Å². The minimum Gasteiger partial charge on any atom is -0.394 e. The predicted octanol–water partition coefficient (Wildman–Crippen LogP) is 1.30. The molecule has 2 rings (SSSR count). The second kappa shape index (κ2) is 5.72. The lowest BCUT2D eigenvalue weighted by atomic mass is 10.4. The fourth-order valence-corrected chi connectivity index (χ4v) is 3.86. The Balaban J connectivity index is 2.15. The summed E-state index contributed by atoms with van der Waals surface area (Å²) in [5.74, 6) is 0. The lowest BCUT2D eigenvalue weighted by molar-refractivity contribution is 0.269. The van der Waals surface area contributed by atoms with Gasteiger partial charge in [-0.05, 0) is 18.6 Å². The van der Waals surface area contributed by atoms with Gasteiger partial charge in [0.25, 0.3) is 10.0 Å². The van der Waals surface area contributed by atoms with E-state index in [4.69, 9.17) is 5.11 Å². The van der Waals surface area contributed by atoms with Crippen LogP contribution in [0.1, 0.15) is 11.8 Å². The van der Waals surface area contributed by atoms with Gasteiger partial charge in [-0.1, -0.05) is 6.92 Å². The van der Waals surface area contributed by atoms with E-state index in [2.05, 4.69) is 9.82 Å². The summed E-state index contributed by atoms with van der Waals surface area (Å²) in [6.45, 7) is 2.27. The molecular formula is C11H15N3O3S2. The van der Waals surface area contributed by atoms with Gasteiger partial charge in [0.05, 0.1) is 25.0 Å². The molecule has 2 aromatic rings. The zero-order chi connectivity index (χ0) is 13.9. The number of hydrogen-bond donors (Lipinski definition) is 2. The molecule has 0 aliphatic carbocycles. The van der Waals surface area contributed by atoms with E-state index in [0.29, 0.717) is 16.4 Å². The number of aliphatic hydroxyl groups is 1. The smallest absolute Gasteiger partial charge is 0.271 e. The van der Waals surface area contributed by atoms with Crippen LogP contribution >= 0.6 is 11.3 Å².